The molecule has 1 amide bonds. The molecule has 1 saturated carbocycles. The van der Waals surface area contributed by atoms with Crippen LogP contribution in [0.3, 0.4) is 0 Å². The molecule has 0 spiro atoms. The molecule has 88 valence electrons. The maximum absolute atomic E-state index is 11.7. The zero-order chi connectivity index (χ0) is 11.4. The Hall–Kier alpha value is -0.940. The number of nitrogens with zero attached hydrogens (tertiary/aromatic N) is 1. The van der Waals surface area contributed by atoms with Crippen molar-refractivity contribution < 1.29 is 4.79 Å². The van der Waals surface area contributed by atoms with Crippen LogP contribution in [0.2, 0.25) is 0 Å². The van der Waals surface area contributed by atoms with Crippen molar-refractivity contribution in [2.45, 2.75) is 32.2 Å². The van der Waals surface area contributed by atoms with Crippen molar-refractivity contribution in [2.24, 2.45) is 11.1 Å². The predicted octanol–water partition coefficient (Wildman–Crippen LogP) is 1.28. The van der Waals surface area contributed by atoms with Crippen molar-refractivity contribution in [1.29, 1.82) is 0 Å². The second-order valence-corrected chi connectivity index (χ2v) is 5.45. The summed E-state index contributed by atoms with van der Waals surface area (Å²) in [4.78, 5) is 16.8. The summed E-state index contributed by atoms with van der Waals surface area (Å²) in [5.41, 5.74) is 7.59. The van der Waals surface area contributed by atoms with Crippen molar-refractivity contribution >= 4 is 17.2 Å². The van der Waals surface area contributed by atoms with E-state index >= 15 is 0 Å². The monoisotopic (exact) mass is 239 g/mol. The quantitative estimate of drug-likeness (QED) is 0.813. The van der Waals surface area contributed by atoms with Crippen LogP contribution in [0.1, 0.15) is 30.6 Å². The summed E-state index contributed by atoms with van der Waals surface area (Å²) in [6, 6.07) is 0. The summed E-state index contributed by atoms with van der Waals surface area (Å²) in [5.74, 6) is 0.110. The highest BCUT2D eigenvalue weighted by molar-refractivity contribution is 7.09. The van der Waals surface area contributed by atoms with Crippen molar-refractivity contribution in [3.05, 3.63) is 16.6 Å². The average molecular weight is 239 g/mol. The fourth-order valence-corrected chi connectivity index (χ4v) is 2.58. The minimum Gasteiger partial charge on any atom is -0.351 e. The fourth-order valence-electron chi connectivity index (χ4n) is 2.05. The molecule has 16 heavy (non-hydrogen) atoms. The highest BCUT2D eigenvalue weighted by atomic mass is 32.1. The van der Waals surface area contributed by atoms with Crippen LogP contribution in [0.25, 0.3) is 0 Å². The third-order valence-corrected chi connectivity index (χ3v) is 4.11. The van der Waals surface area contributed by atoms with E-state index in [4.69, 9.17) is 5.73 Å². The van der Waals surface area contributed by atoms with Gasteiger partial charge in [-0.3, -0.25) is 9.78 Å². The Morgan fingerprint density at radius 1 is 1.62 bits per heavy atom. The zero-order valence-corrected chi connectivity index (χ0v) is 10.1. The van der Waals surface area contributed by atoms with Gasteiger partial charge in [-0.15, -0.1) is 11.3 Å². The van der Waals surface area contributed by atoms with Crippen LogP contribution < -0.4 is 11.1 Å². The molecule has 3 N–H and O–H groups in total. The van der Waals surface area contributed by atoms with E-state index in [1.54, 1.807) is 23.0 Å². The third kappa shape index (κ3) is 2.59. The van der Waals surface area contributed by atoms with Crippen LogP contribution in [0.4, 0.5) is 0 Å². The number of carbonyl (C=O) groups is 1. The largest absolute Gasteiger partial charge is 0.351 e. The lowest BCUT2D eigenvalue weighted by Crippen LogP contribution is -2.41. The highest BCUT2D eigenvalue weighted by Gasteiger charge is 2.37. The van der Waals surface area contributed by atoms with Gasteiger partial charge in [0.15, 0.2) is 0 Å². The number of amides is 1. The summed E-state index contributed by atoms with van der Waals surface area (Å²) >= 11 is 1.56. The highest BCUT2D eigenvalue weighted by Crippen LogP contribution is 2.42. The lowest BCUT2D eigenvalue weighted by atomic mass is 9.66. The van der Waals surface area contributed by atoms with Crippen LogP contribution in [-0.2, 0) is 11.3 Å². The van der Waals surface area contributed by atoms with E-state index in [2.05, 4.69) is 10.3 Å². The van der Waals surface area contributed by atoms with Crippen molar-refractivity contribution in [3.8, 4) is 0 Å². The van der Waals surface area contributed by atoms with Crippen molar-refractivity contribution in [2.75, 3.05) is 6.54 Å². The molecule has 0 aliphatic heterocycles. The summed E-state index contributed by atoms with van der Waals surface area (Å²) in [5, 5.41) is 2.92. The Bertz CT molecular complexity index is 341. The van der Waals surface area contributed by atoms with Gasteiger partial charge in [0.2, 0.25) is 5.91 Å². The first-order valence-electron chi connectivity index (χ1n) is 5.58. The van der Waals surface area contributed by atoms with Gasteiger partial charge in [-0.05, 0) is 24.8 Å². The Balaban J connectivity index is 1.76. The molecule has 4 nitrogen and oxygen atoms in total. The van der Waals surface area contributed by atoms with Crippen LogP contribution in [0.15, 0.2) is 11.7 Å². The molecule has 0 saturated heterocycles. The molecule has 1 aromatic rings. The second-order valence-electron chi connectivity index (χ2n) is 4.48. The molecule has 5 heteroatoms. The first-order chi connectivity index (χ1) is 7.74. The number of aromatic nitrogens is 1. The topological polar surface area (TPSA) is 68.0 Å². The Morgan fingerprint density at radius 3 is 2.94 bits per heavy atom. The molecule has 0 unspecified atom stereocenters. The van der Waals surface area contributed by atoms with Gasteiger partial charge in [-0.2, -0.15) is 0 Å². The number of rotatable bonds is 5. The number of hydrogen-bond acceptors (Lipinski definition) is 4. The second kappa shape index (κ2) is 4.93. The summed E-state index contributed by atoms with van der Waals surface area (Å²) in [6.07, 6.45) is 5.75. The lowest BCUT2D eigenvalue weighted by molar-refractivity contribution is -0.124. The third-order valence-electron chi connectivity index (χ3n) is 3.33. The van der Waals surface area contributed by atoms with Gasteiger partial charge in [0, 0.05) is 17.5 Å². The van der Waals surface area contributed by atoms with Crippen molar-refractivity contribution in [3.63, 3.8) is 0 Å². The maximum Gasteiger partial charge on any atom is 0.220 e. The molecule has 1 aromatic heterocycles. The van der Waals surface area contributed by atoms with E-state index in [9.17, 15) is 4.79 Å². The van der Waals surface area contributed by atoms with Gasteiger partial charge >= 0.3 is 0 Å². The number of nitrogens with two attached hydrogens (primary N) is 1. The normalized spacial score (nSPS) is 17.8. The van der Waals surface area contributed by atoms with Gasteiger partial charge in [0.1, 0.15) is 0 Å². The molecular formula is C11H17N3OS. The first-order valence-corrected chi connectivity index (χ1v) is 6.46. The molecule has 1 heterocycles. The van der Waals surface area contributed by atoms with Gasteiger partial charge in [0.25, 0.3) is 0 Å². The molecule has 0 atom stereocenters. The molecule has 1 aliphatic carbocycles. The minimum absolute atomic E-state index is 0.0950. The SMILES string of the molecule is NCC1(CC(=O)NCc2cncs2)CCC1. The van der Waals surface area contributed by atoms with E-state index < -0.39 is 0 Å². The average Bonchev–Trinajstić information content (AvgIpc) is 2.73. The zero-order valence-electron chi connectivity index (χ0n) is 9.24. The van der Waals surface area contributed by atoms with Gasteiger partial charge in [-0.1, -0.05) is 6.42 Å². The summed E-state index contributed by atoms with van der Waals surface area (Å²) in [7, 11) is 0. The Kier molecular flexibility index (Phi) is 3.56. The van der Waals surface area contributed by atoms with E-state index in [0.29, 0.717) is 19.5 Å². The molecule has 1 aliphatic rings. The predicted molar refractivity (Wildman–Crippen MR) is 63.9 cm³/mol. The van der Waals surface area contributed by atoms with Gasteiger partial charge < -0.3 is 11.1 Å². The molecular weight excluding hydrogens is 222 g/mol. The van der Waals surface area contributed by atoms with Crippen LogP contribution in [-0.4, -0.2) is 17.4 Å². The Morgan fingerprint density at radius 2 is 2.44 bits per heavy atom. The first kappa shape index (κ1) is 11.5. The van der Waals surface area contributed by atoms with Gasteiger partial charge in [-0.25, -0.2) is 0 Å². The standard InChI is InChI=1S/C11H17N3OS/c12-7-11(2-1-3-11)4-10(15)14-6-9-5-13-8-16-9/h5,8H,1-4,6-7,12H2,(H,14,15). The lowest BCUT2D eigenvalue weighted by Gasteiger charge is -2.40. The van der Waals surface area contributed by atoms with Crippen LogP contribution in [0, 0.1) is 5.41 Å². The molecule has 0 bridgehead atoms. The van der Waals surface area contributed by atoms with Crippen LogP contribution >= 0.6 is 11.3 Å². The maximum atomic E-state index is 11.7. The van der Waals surface area contributed by atoms with Crippen LogP contribution in [0.5, 0.6) is 0 Å². The smallest absolute Gasteiger partial charge is 0.220 e. The number of hydrogen-bond donors (Lipinski definition) is 2. The fraction of sp³-hybridized carbons (Fsp3) is 0.636. The minimum atomic E-state index is 0.0950. The van der Waals surface area contributed by atoms with Crippen molar-refractivity contribution in [1.82, 2.24) is 10.3 Å². The number of thiazole rings is 1. The van der Waals surface area contributed by atoms with E-state index in [1.165, 1.54) is 6.42 Å². The number of nitrogens with one attached hydrogen (secondary N) is 1. The Labute approximate surface area is 99.3 Å². The molecule has 0 radical (unpaired) electrons. The molecule has 1 fully saturated rings. The van der Waals surface area contributed by atoms with E-state index in [0.717, 1.165) is 17.7 Å². The van der Waals surface area contributed by atoms with E-state index in [1.807, 2.05) is 0 Å². The summed E-state index contributed by atoms with van der Waals surface area (Å²) < 4.78 is 0. The number of carbonyl (C=O) groups excluding carboxylic acids is 1. The van der Waals surface area contributed by atoms with E-state index in [-0.39, 0.29) is 11.3 Å². The summed E-state index contributed by atoms with van der Waals surface area (Å²) in [6.45, 7) is 1.21. The molecule has 2 rings (SSSR count). The molecule has 0 aromatic carbocycles. The van der Waals surface area contributed by atoms with Gasteiger partial charge in [0.05, 0.1) is 12.1 Å².